The van der Waals surface area contributed by atoms with Gasteiger partial charge in [0.1, 0.15) is 11.3 Å². The lowest BCUT2D eigenvalue weighted by Crippen LogP contribution is -2.15. The second kappa shape index (κ2) is 4.06. The highest BCUT2D eigenvalue weighted by Crippen LogP contribution is 2.46. The smallest absolute Gasteiger partial charge is 0.351 e. The second-order valence-corrected chi connectivity index (χ2v) is 4.89. The van der Waals surface area contributed by atoms with E-state index in [-0.39, 0.29) is 5.56 Å². The Labute approximate surface area is 119 Å². The fourth-order valence-corrected chi connectivity index (χ4v) is 2.88. The number of hydrogen-bond donors (Lipinski definition) is 0. The van der Waals surface area contributed by atoms with Gasteiger partial charge in [0.2, 0.25) is 0 Å². The van der Waals surface area contributed by atoms with Gasteiger partial charge >= 0.3 is 11.6 Å². The number of ether oxygens (including phenoxy) is 1. The Hall–Kier alpha value is -2.88. The Bertz CT molecular complexity index is 961. The Morgan fingerprint density at radius 2 is 1.76 bits per heavy atom. The topological polar surface area (TPSA) is 56.5 Å². The summed E-state index contributed by atoms with van der Waals surface area (Å²) in [6.07, 6.45) is 0. The van der Waals surface area contributed by atoms with Crippen molar-refractivity contribution in [2.24, 2.45) is 0 Å². The summed E-state index contributed by atoms with van der Waals surface area (Å²) in [5, 5.41) is 2.11. The second-order valence-electron chi connectivity index (χ2n) is 4.89. The first-order chi connectivity index (χ1) is 10.2. The van der Waals surface area contributed by atoms with Crippen LogP contribution in [0.25, 0.3) is 33.2 Å². The maximum Gasteiger partial charge on any atom is 0.351 e. The van der Waals surface area contributed by atoms with Crippen LogP contribution in [0.4, 0.5) is 0 Å². The lowest BCUT2D eigenvalue weighted by molar-refractivity contribution is 0.0596. The van der Waals surface area contributed by atoms with Gasteiger partial charge in [-0.2, -0.15) is 0 Å². The van der Waals surface area contributed by atoms with Gasteiger partial charge in [0.25, 0.3) is 0 Å². The molecule has 4 heteroatoms. The normalized spacial score (nSPS) is 11.5. The molecule has 1 aliphatic carbocycles. The van der Waals surface area contributed by atoms with Gasteiger partial charge in [-0.15, -0.1) is 0 Å². The van der Waals surface area contributed by atoms with Gasteiger partial charge in [-0.1, -0.05) is 36.4 Å². The van der Waals surface area contributed by atoms with Crippen molar-refractivity contribution in [2.75, 3.05) is 7.11 Å². The number of rotatable bonds is 1. The van der Waals surface area contributed by atoms with Gasteiger partial charge in [0.15, 0.2) is 0 Å². The fourth-order valence-electron chi connectivity index (χ4n) is 2.88. The molecule has 0 saturated carbocycles. The molecular weight excluding hydrogens is 268 g/mol. The average Bonchev–Trinajstić information content (AvgIpc) is 2.82. The lowest BCUT2D eigenvalue weighted by atomic mass is 10.0. The molecule has 0 spiro atoms. The molecule has 1 aromatic heterocycles. The number of carbonyl (C=O) groups is 1. The summed E-state index contributed by atoms with van der Waals surface area (Å²) < 4.78 is 10.0. The van der Waals surface area contributed by atoms with Gasteiger partial charge in [-0.05, 0) is 17.0 Å². The maximum absolute atomic E-state index is 12.0. The largest absolute Gasteiger partial charge is 0.465 e. The van der Waals surface area contributed by atoms with Crippen LogP contribution in [0.5, 0.6) is 0 Å². The van der Waals surface area contributed by atoms with Crippen LogP contribution in [-0.2, 0) is 4.74 Å². The number of benzene rings is 2. The molecule has 21 heavy (non-hydrogen) atoms. The minimum Gasteiger partial charge on any atom is -0.465 e. The monoisotopic (exact) mass is 278 g/mol. The van der Waals surface area contributed by atoms with E-state index in [9.17, 15) is 9.59 Å². The van der Waals surface area contributed by atoms with Crippen molar-refractivity contribution < 1.29 is 13.9 Å². The SMILES string of the molecule is COC(=O)c1cc2c(oc1=O)-c1cccc3cccc-2c13. The molecule has 0 unspecified atom stereocenters. The van der Waals surface area contributed by atoms with Crippen LogP contribution in [0.1, 0.15) is 10.4 Å². The molecule has 0 saturated heterocycles. The predicted octanol–water partition coefficient (Wildman–Crippen LogP) is 3.23. The number of hydrogen-bond acceptors (Lipinski definition) is 4. The van der Waals surface area contributed by atoms with Crippen LogP contribution < -0.4 is 5.63 Å². The van der Waals surface area contributed by atoms with Gasteiger partial charge in [-0.25, -0.2) is 9.59 Å². The van der Waals surface area contributed by atoms with Crippen molar-refractivity contribution in [3.05, 3.63) is 58.4 Å². The first-order valence-electron chi connectivity index (χ1n) is 6.49. The molecule has 0 aliphatic heterocycles. The molecule has 0 amide bonds. The molecule has 1 heterocycles. The number of carbonyl (C=O) groups excluding carboxylic acids is 1. The summed E-state index contributed by atoms with van der Waals surface area (Å²) in [4.78, 5) is 23.6. The van der Waals surface area contributed by atoms with E-state index in [1.807, 2.05) is 36.4 Å². The van der Waals surface area contributed by atoms with Crippen molar-refractivity contribution in [1.82, 2.24) is 0 Å². The minimum atomic E-state index is -0.685. The van der Waals surface area contributed by atoms with Crippen LogP contribution in [0.2, 0.25) is 0 Å². The summed E-state index contributed by atoms with van der Waals surface area (Å²) in [7, 11) is 1.24. The molecule has 0 N–H and O–H groups in total. The molecule has 0 radical (unpaired) electrons. The molecule has 2 aromatic carbocycles. The summed E-state index contributed by atoms with van der Waals surface area (Å²) in [5.41, 5.74) is 1.84. The third-order valence-corrected chi connectivity index (χ3v) is 3.79. The Kier molecular flexibility index (Phi) is 2.30. The van der Waals surface area contributed by atoms with Crippen LogP contribution in [-0.4, -0.2) is 13.1 Å². The van der Waals surface area contributed by atoms with E-state index >= 15 is 0 Å². The Morgan fingerprint density at radius 1 is 1.05 bits per heavy atom. The summed E-state index contributed by atoms with van der Waals surface area (Å²) in [6, 6.07) is 13.3. The average molecular weight is 278 g/mol. The highest BCUT2D eigenvalue weighted by atomic mass is 16.5. The van der Waals surface area contributed by atoms with E-state index in [1.165, 1.54) is 7.11 Å². The maximum atomic E-state index is 12.0. The summed E-state index contributed by atoms with van der Waals surface area (Å²) in [6.45, 7) is 0. The fraction of sp³-hybridized carbons (Fsp3) is 0.0588. The van der Waals surface area contributed by atoms with Crippen LogP contribution in [0, 0.1) is 0 Å². The molecule has 1 aliphatic rings. The van der Waals surface area contributed by atoms with E-state index in [4.69, 9.17) is 4.42 Å². The molecule has 3 aromatic rings. The van der Waals surface area contributed by atoms with E-state index in [0.29, 0.717) is 5.76 Å². The zero-order valence-corrected chi connectivity index (χ0v) is 11.2. The highest BCUT2D eigenvalue weighted by Gasteiger charge is 2.26. The molecule has 4 rings (SSSR count). The number of fused-ring (bicyclic) bond motifs is 3. The van der Waals surface area contributed by atoms with E-state index in [0.717, 1.165) is 27.5 Å². The Morgan fingerprint density at radius 3 is 2.48 bits per heavy atom. The van der Waals surface area contributed by atoms with Crippen molar-refractivity contribution in [2.45, 2.75) is 0 Å². The van der Waals surface area contributed by atoms with Gasteiger partial charge < -0.3 is 9.15 Å². The van der Waals surface area contributed by atoms with Crippen molar-refractivity contribution in [3.8, 4) is 22.5 Å². The first kappa shape index (κ1) is 11.9. The lowest BCUT2D eigenvalue weighted by Gasteiger charge is -2.02. The zero-order chi connectivity index (χ0) is 14.6. The standard InChI is InChI=1S/C17H10O4/c1-20-16(18)13-8-12-10-6-2-4-9-5-3-7-11(14(9)10)15(12)21-17(13)19/h2-8H,1H3. The summed E-state index contributed by atoms with van der Waals surface area (Å²) in [5.74, 6) is -0.172. The molecular formula is C17H10O4. The number of methoxy groups -OCH3 is 1. The van der Waals surface area contributed by atoms with E-state index < -0.39 is 11.6 Å². The minimum absolute atomic E-state index is 0.0824. The van der Waals surface area contributed by atoms with E-state index in [1.54, 1.807) is 6.07 Å². The first-order valence-corrected chi connectivity index (χ1v) is 6.49. The molecule has 4 nitrogen and oxygen atoms in total. The highest BCUT2D eigenvalue weighted by molar-refractivity contribution is 6.14. The third-order valence-electron chi connectivity index (χ3n) is 3.79. The van der Waals surface area contributed by atoms with Crippen molar-refractivity contribution >= 4 is 16.7 Å². The zero-order valence-electron chi connectivity index (χ0n) is 11.2. The van der Waals surface area contributed by atoms with Gasteiger partial charge in [0, 0.05) is 16.5 Å². The van der Waals surface area contributed by atoms with E-state index in [2.05, 4.69) is 4.74 Å². The van der Waals surface area contributed by atoms with Gasteiger partial charge in [0.05, 0.1) is 7.11 Å². The van der Waals surface area contributed by atoms with Crippen LogP contribution >= 0.6 is 0 Å². The van der Waals surface area contributed by atoms with Crippen molar-refractivity contribution in [1.29, 1.82) is 0 Å². The molecule has 102 valence electrons. The predicted molar refractivity (Wildman–Crippen MR) is 78.3 cm³/mol. The van der Waals surface area contributed by atoms with Gasteiger partial charge in [-0.3, -0.25) is 0 Å². The number of esters is 1. The van der Waals surface area contributed by atoms with Crippen LogP contribution in [0.3, 0.4) is 0 Å². The van der Waals surface area contributed by atoms with Crippen molar-refractivity contribution in [3.63, 3.8) is 0 Å². The Balaban J connectivity index is 2.12. The molecule has 0 bridgehead atoms. The third kappa shape index (κ3) is 1.50. The molecule has 0 atom stereocenters. The summed E-state index contributed by atoms with van der Waals surface area (Å²) >= 11 is 0. The molecule has 0 fully saturated rings. The van der Waals surface area contributed by atoms with Crippen LogP contribution in [0.15, 0.2) is 51.7 Å². The quantitative estimate of drug-likeness (QED) is 0.502.